The van der Waals surface area contributed by atoms with Crippen LogP contribution in [-0.4, -0.2) is 51.0 Å². The van der Waals surface area contributed by atoms with Crippen LogP contribution in [0.25, 0.3) is 0 Å². The molecule has 0 aromatic carbocycles. The topological polar surface area (TPSA) is 82.1 Å². The van der Waals surface area contributed by atoms with Crippen LogP contribution < -0.4 is 0 Å². The minimum Gasteiger partial charge on any atom is -0.463 e. The van der Waals surface area contributed by atoms with Crippen LogP contribution in [0.1, 0.15) is 47.0 Å². The van der Waals surface area contributed by atoms with E-state index in [9.17, 15) is 14.4 Å². The maximum atomic E-state index is 12.4. The highest BCUT2D eigenvalue weighted by molar-refractivity contribution is 6.72. The van der Waals surface area contributed by atoms with E-state index in [4.69, 9.17) is 14.2 Å². The van der Waals surface area contributed by atoms with Gasteiger partial charge >= 0.3 is 5.97 Å². The molecule has 136 valence electrons. The number of ether oxygens (including phenoxy) is 3. The number of ketones is 1. The van der Waals surface area contributed by atoms with Gasteiger partial charge in [-0.05, 0) is 38.4 Å². The van der Waals surface area contributed by atoms with E-state index in [2.05, 4.69) is 0 Å². The van der Waals surface area contributed by atoms with Gasteiger partial charge < -0.3 is 19.0 Å². The molecule has 23 heavy (non-hydrogen) atoms. The Bertz CT molecular complexity index is 387. The molecule has 0 fully saturated rings. The molecule has 0 radical (unpaired) electrons. The zero-order valence-electron chi connectivity index (χ0n) is 15.5. The normalized spacial score (nSPS) is 14.0. The van der Waals surface area contributed by atoms with E-state index in [0.29, 0.717) is 6.42 Å². The van der Waals surface area contributed by atoms with Gasteiger partial charge in [-0.25, -0.2) is 0 Å². The van der Waals surface area contributed by atoms with E-state index in [1.807, 2.05) is 26.9 Å². The molecule has 0 saturated heterocycles. The van der Waals surface area contributed by atoms with Crippen LogP contribution in [0, 0.1) is 0 Å². The van der Waals surface area contributed by atoms with Crippen LogP contribution in [0.3, 0.4) is 0 Å². The van der Waals surface area contributed by atoms with Crippen molar-refractivity contribution in [3.63, 3.8) is 0 Å². The van der Waals surface area contributed by atoms with Crippen LogP contribution in [-0.2, 0) is 23.8 Å². The summed E-state index contributed by atoms with van der Waals surface area (Å²) in [5.41, 5.74) is 0. The molecule has 0 aliphatic heterocycles. The van der Waals surface area contributed by atoms with Crippen LogP contribution in [0.2, 0.25) is 18.1 Å². The molecular formula is C16H32O6Si. The summed E-state index contributed by atoms with van der Waals surface area (Å²) in [6.07, 6.45) is -0.442. The second-order valence-electron chi connectivity index (χ2n) is 7.21. The largest absolute Gasteiger partial charge is 0.463 e. The van der Waals surface area contributed by atoms with Crippen molar-refractivity contribution in [1.29, 1.82) is 0 Å². The Balaban J connectivity index is 4.72. The zero-order valence-corrected chi connectivity index (χ0v) is 16.5. The molecule has 0 aliphatic carbocycles. The Morgan fingerprint density at radius 1 is 1.22 bits per heavy atom. The minimum absolute atomic E-state index is 0.0605. The van der Waals surface area contributed by atoms with Crippen LogP contribution in [0.15, 0.2) is 0 Å². The van der Waals surface area contributed by atoms with Gasteiger partial charge in [-0.2, -0.15) is 0 Å². The number of rotatable bonds is 11. The summed E-state index contributed by atoms with van der Waals surface area (Å²) in [6.45, 7) is 11.1. The quantitative estimate of drug-likeness (QED) is 0.351. The smallest absolute Gasteiger partial charge is 0.309 e. The number of esters is 1. The zero-order chi connectivity index (χ0) is 18.3. The Morgan fingerprint density at radius 3 is 2.22 bits per heavy atom. The highest BCUT2D eigenvalue weighted by Crippen LogP contribution is 2.40. The summed E-state index contributed by atoms with van der Waals surface area (Å²) in [4.78, 5) is 34.4. The highest BCUT2D eigenvalue weighted by atomic mass is 28.4. The summed E-state index contributed by atoms with van der Waals surface area (Å²) < 4.78 is 15.2. The van der Waals surface area contributed by atoms with Gasteiger partial charge in [0.05, 0.1) is 12.5 Å². The van der Waals surface area contributed by atoms with E-state index in [1.165, 1.54) is 7.11 Å². The van der Waals surface area contributed by atoms with Gasteiger partial charge in [0.2, 0.25) is 0 Å². The first-order valence-electron chi connectivity index (χ1n) is 7.96. The maximum Gasteiger partial charge on any atom is 0.309 e. The lowest BCUT2D eigenvalue weighted by atomic mass is 10.0. The standard InChI is InChI=1S/C16H32O6Si/c1-12(2)22-15(18)10-14(21-11-20-5)13(17)8-9-16(3,4)23(6,7)19/h12,14,19H,8-11H2,1-7H3. The SMILES string of the molecule is COCOC(CC(=O)OC(C)C)C(=O)CCC(C)(C)[Si](C)(C)O. The molecule has 0 bridgehead atoms. The number of hydrogen-bond acceptors (Lipinski definition) is 6. The third-order valence-electron chi connectivity index (χ3n) is 4.12. The molecule has 7 heteroatoms. The van der Waals surface area contributed by atoms with Crippen molar-refractivity contribution in [3.05, 3.63) is 0 Å². The van der Waals surface area contributed by atoms with E-state index < -0.39 is 20.4 Å². The lowest BCUT2D eigenvalue weighted by Gasteiger charge is -2.35. The lowest BCUT2D eigenvalue weighted by Crippen LogP contribution is -2.40. The van der Waals surface area contributed by atoms with Crippen LogP contribution in [0.4, 0.5) is 0 Å². The first-order chi connectivity index (χ1) is 10.4. The molecule has 0 heterocycles. The van der Waals surface area contributed by atoms with Gasteiger partial charge in [0, 0.05) is 13.5 Å². The number of carbonyl (C=O) groups is 2. The van der Waals surface area contributed by atoms with Crippen molar-refractivity contribution in [2.75, 3.05) is 13.9 Å². The highest BCUT2D eigenvalue weighted by Gasteiger charge is 2.38. The number of carbonyl (C=O) groups excluding carboxylic acids is 2. The van der Waals surface area contributed by atoms with Crippen LogP contribution >= 0.6 is 0 Å². The summed E-state index contributed by atoms with van der Waals surface area (Å²) in [7, 11) is -0.920. The summed E-state index contributed by atoms with van der Waals surface area (Å²) in [5, 5.41) is -0.299. The molecule has 0 aliphatic rings. The molecule has 0 aromatic heterocycles. The van der Waals surface area contributed by atoms with E-state index in [1.54, 1.807) is 13.8 Å². The van der Waals surface area contributed by atoms with Crippen LogP contribution in [0.5, 0.6) is 0 Å². The molecule has 1 atom stereocenters. The number of Topliss-reactive ketones (excluding diaryl/α,β-unsaturated/α-hetero) is 1. The van der Waals surface area contributed by atoms with Crippen molar-refractivity contribution in [3.8, 4) is 0 Å². The molecule has 0 rings (SSSR count). The average molecular weight is 349 g/mol. The molecule has 1 N–H and O–H groups in total. The molecule has 0 aromatic rings. The third kappa shape index (κ3) is 8.60. The van der Waals surface area contributed by atoms with Crippen molar-refractivity contribution in [1.82, 2.24) is 0 Å². The predicted octanol–water partition coefficient (Wildman–Crippen LogP) is 2.64. The fraction of sp³-hybridized carbons (Fsp3) is 0.875. The Hall–Kier alpha value is -0.763. The van der Waals surface area contributed by atoms with Gasteiger partial charge in [-0.1, -0.05) is 13.8 Å². The molecule has 0 saturated carbocycles. The first-order valence-corrected chi connectivity index (χ1v) is 10.9. The Labute approximate surface area is 140 Å². The number of methoxy groups -OCH3 is 1. The molecule has 6 nitrogen and oxygen atoms in total. The monoisotopic (exact) mass is 348 g/mol. The Morgan fingerprint density at radius 2 is 1.78 bits per heavy atom. The van der Waals surface area contributed by atoms with Gasteiger partial charge in [0.1, 0.15) is 12.9 Å². The molecule has 0 spiro atoms. The Kier molecular flexibility index (Phi) is 9.20. The first kappa shape index (κ1) is 22.2. The lowest BCUT2D eigenvalue weighted by molar-refractivity contribution is -0.158. The summed E-state index contributed by atoms with van der Waals surface area (Å²) >= 11 is 0. The fourth-order valence-electron chi connectivity index (χ4n) is 1.78. The van der Waals surface area contributed by atoms with Gasteiger partial charge in [0.15, 0.2) is 14.1 Å². The van der Waals surface area contributed by atoms with E-state index in [0.717, 1.165) is 0 Å². The van der Waals surface area contributed by atoms with Gasteiger partial charge in [-0.3, -0.25) is 9.59 Å². The van der Waals surface area contributed by atoms with Crippen molar-refractivity contribution < 1.29 is 28.6 Å². The van der Waals surface area contributed by atoms with Crippen molar-refractivity contribution >= 4 is 20.1 Å². The maximum absolute atomic E-state index is 12.4. The predicted molar refractivity (Wildman–Crippen MR) is 90.6 cm³/mol. The third-order valence-corrected chi connectivity index (χ3v) is 7.68. The molecule has 0 amide bonds. The number of hydrogen-bond donors (Lipinski definition) is 1. The van der Waals surface area contributed by atoms with Gasteiger partial charge in [0.25, 0.3) is 0 Å². The summed E-state index contributed by atoms with van der Waals surface area (Å²) in [5.74, 6) is -0.639. The fourth-order valence-corrected chi connectivity index (χ4v) is 2.52. The van der Waals surface area contributed by atoms with Crippen molar-refractivity contribution in [2.24, 2.45) is 0 Å². The molecular weight excluding hydrogens is 316 g/mol. The van der Waals surface area contributed by atoms with Gasteiger partial charge in [-0.15, -0.1) is 0 Å². The summed E-state index contributed by atoms with van der Waals surface area (Å²) in [6, 6.07) is 0. The van der Waals surface area contributed by atoms with E-state index in [-0.39, 0.29) is 36.6 Å². The second kappa shape index (κ2) is 9.51. The average Bonchev–Trinajstić information content (AvgIpc) is 2.38. The molecule has 1 unspecified atom stereocenters. The van der Waals surface area contributed by atoms with Crippen molar-refractivity contribution in [2.45, 2.75) is 77.3 Å². The van der Waals surface area contributed by atoms with E-state index >= 15 is 0 Å². The second-order valence-corrected chi connectivity index (χ2v) is 11.7. The minimum atomic E-state index is -2.37.